The van der Waals surface area contributed by atoms with Crippen molar-refractivity contribution < 1.29 is 9.53 Å². The molecule has 0 fully saturated rings. The summed E-state index contributed by atoms with van der Waals surface area (Å²) in [4.78, 5) is 11.3. The highest BCUT2D eigenvalue weighted by molar-refractivity contribution is 5.88. The Morgan fingerprint density at radius 2 is 1.94 bits per heavy atom. The SMILES string of the molecule is C/C=C(\C/C=C/c1ccc(C)cc1)C(=O)OC. The molecule has 0 saturated heterocycles. The maximum Gasteiger partial charge on any atom is 0.333 e. The lowest BCUT2D eigenvalue weighted by molar-refractivity contribution is -0.136. The first kappa shape index (κ1) is 13.2. The van der Waals surface area contributed by atoms with Gasteiger partial charge >= 0.3 is 5.97 Å². The third kappa shape index (κ3) is 4.27. The van der Waals surface area contributed by atoms with E-state index in [-0.39, 0.29) is 5.97 Å². The van der Waals surface area contributed by atoms with Crippen molar-refractivity contribution in [3.8, 4) is 0 Å². The number of aryl methyl sites for hydroxylation is 1. The van der Waals surface area contributed by atoms with Gasteiger partial charge in [-0.1, -0.05) is 48.1 Å². The highest BCUT2D eigenvalue weighted by Gasteiger charge is 2.05. The molecule has 0 aromatic heterocycles. The number of ether oxygens (including phenoxy) is 1. The number of carbonyl (C=O) groups excluding carboxylic acids is 1. The molecule has 1 aromatic rings. The molecule has 0 heterocycles. The fourth-order valence-corrected chi connectivity index (χ4v) is 1.45. The molecule has 0 radical (unpaired) electrons. The van der Waals surface area contributed by atoms with Crippen molar-refractivity contribution in [1.29, 1.82) is 0 Å². The molecule has 0 unspecified atom stereocenters. The lowest BCUT2D eigenvalue weighted by Crippen LogP contribution is -2.03. The molecule has 0 amide bonds. The fourth-order valence-electron chi connectivity index (χ4n) is 1.45. The summed E-state index contributed by atoms with van der Waals surface area (Å²) in [5, 5.41) is 0. The van der Waals surface area contributed by atoms with Gasteiger partial charge in [0.2, 0.25) is 0 Å². The number of hydrogen-bond acceptors (Lipinski definition) is 2. The first-order chi connectivity index (χ1) is 8.17. The van der Waals surface area contributed by atoms with Crippen LogP contribution in [0.3, 0.4) is 0 Å². The van der Waals surface area contributed by atoms with Crippen LogP contribution in [-0.2, 0) is 9.53 Å². The van der Waals surface area contributed by atoms with Gasteiger partial charge in [0.15, 0.2) is 0 Å². The maximum atomic E-state index is 11.3. The number of methoxy groups -OCH3 is 1. The minimum atomic E-state index is -0.263. The molecule has 17 heavy (non-hydrogen) atoms. The molecular weight excluding hydrogens is 212 g/mol. The van der Waals surface area contributed by atoms with Crippen LogP contribution in [0.2, 0.25) is 0 Å². The van der Waals surface area contributed by atoms with Crippen LogP contribution >= 0.6 is 0 Å². The zero-order chi connectivity index (χ0) is 12.7. The lowest BCUT2D eigenvalue weighted by atomic mass is 10.1. The highest BCUT2D eigenvalue weighted by atomic mass is 16.5. The van der Waals surface area contributed by atoms with Gasteiger partial charge in [0.05, 0.1) is 7.11 Å². The minimum absolute atomic E-state index is 0.263. The summed E-state index contributed by atoms with van der Waals surface area (Å²) in [6.45, 7) is 3.90. The van der Waals surface area contributed by atoms with Gasteiger partial charge in [0, 0.05) is 5.57 Å². The molecule has 2 heteroatoms. The Labute approximate surface area is 103 Å². The van der Waals surface area contributed by atoms with E-state index in [0.29, 0.717) is 12.0 Å². The molecular formula is C15H18O2. The van der Waals surface area contributed by atoms with Crippen molar-refractivity contribution in [1.82, 2.24) is 0 Å². The first-order valence-corrected chi connectivity index (χ1v) is 5.64. The Hall–Kier alpha value is -1.83. The van der Waals surface area contributed by atoms with Crippen LogP contribution in [0.1, 0.15) is 24.5 Å². The molecule has 1 rings (SSSR count). The summed E-state index contributed by atoms with van der Waals surface area (Å²) < 4.78 is 4.68. The van der Waals surface area contributed by atoms with Gasteiger partial charge < -0.3 is 4.74 Å². The zero-order valence-electron chi connectivity index (χ0n) is 10.6. The van der Waals surface area contributed by atoms with Crippen LogP contribution in [0.15, 0.2) is 42.0 Å². The van der Waals surface area contributed by atoms with Crippen LogP contribution in [0.5, 0.6) is 0 Å². The van der Waals surface area contributed by atoms with E-state index in [0.717, 1.165) is 5.56 Å². The Balaban J connectivity index is 2.61. The average Bonchev–Trinajstić information content (AvgIpc) is 2.36. The Kier molecular flexibility index (Phi) is 5.21. The quantitative estimate of drug-likeness (QED) is 0.584. The molecule has 0 atom stereocenters. The maximum absolute atomic E-state index is 11.3. The highest BCUT2D eigenvalue weighted by Crippen LogP contribution is 2.09. The van der Waals surface area contributed by atoms with Gasteiger partial charge in [-0.25, -0.2) is 4.79 Å². The number of hydrogen-bond donors (Lipinski definition) is 0. The van der Waals surface area contributed by atoms with E-state index in [1.165, 1.54) is 12.7 Å². The first-order valence-electron chi connectivity index (χ1n) is 5.64. The standard InChI is InChI=1S/C15H18O2/c1-4-14(15(16)17-3)7-5-6-13-10-8-12(2)9-11-13/h4-6,8-11H,7H2,1-3H3/b6-5+,14-4+. The Morgan fingerprint density at radius 3 is 2.47 bits per heavy atom. The minimum Gasteiger partial charge on any atom is -0.466 e. The molecule has 0 spiro atoms. The predicted octanol–water partition coefficient (Wildman–Crippen LogP) is 3.52. The number of esters is 1. The Bertz CT molecular complexity index is 425. The number of carbonyl (C=O) groups is 1. The van der Waals surface area contributed by atoms with Crippen LogP contribution in [0.25, 0.3) is 6.08 Å². The molecule has 90 valence electrons. The van der Waals surface area contributed by atoms with Gasteiger partial charge in [-0.2, -0.15) is 0 Å². The van der Waals surface area contributed by atoms with E-state index in [2.05, 4.69) is 35.9 Å². The smallest absolute Gasteiger partial charge is 0.333 e. The summed E-state index contributed by atoms with van der Waals surface area (Å²) in [7, 11) is 1.40. The molecule has 0 bridgehead atoms. The van der Waals surface area contributed by atoms with Crippen molar-refractivity contribution in [3.63, 3.8) is 0 Å². The zero-order valence-corrected chi connectivity index (χ0v) is 10.6. The van der Waals surface area contributed by atoms with Crippen LogP contribution < -0.4 is 0 Å². The second-order valence-corrected chi connectivity index (χ2v) is 3.82. The summed E-state index contributed by atoms with van der Waals surface area (Å²) >= 11 is 0. The molecule has 0 aliphatic heterocycles. The molecule has 0 saturated carbocycles. The largest absolute Gasteiger partial charge is 0.466 e. The van der Waals surface area contributed by atoms with Crippen molar-refractivity contribution in [2.24, 2.45) is 0 Å². The van der Waals surface area contributed by atoms with Gasteiger partial charge in [0.25, 0.3) is 0 Å². The summed E-state index contributed by atoms with van der Waals surface area (Å²) in [6.07, 6.45) is 6.35. The van der Waals surface area contributed by atoms with Crippen LogP contribution in [-0.4, -0.2) is 13.1 Å². The van der Waals surface area contributed by atoms with Gasteiger partial charge in [-0.15, -0.1) is 0 Å². The van der Waals surface area contributed by atoms with Crippen molar-refractivity contribution in [2.75, 3.05) is 7.11 Å². The number of rotatable bonds is 4. The predicted molar refractivity (Wildman–Crippen MR) is 70.6 cm³/mol. The van der Waals surface area contributed by atoms with E-state index in [4.69, 9.17) is 0 Å². The third-order valence-electron chi connectivity index (χ3n) is 2.52. The van der Waals surface area contributed by atoms with E-state index in [1.807, 2.05) is 19.1 Å². The summed E-state index contributed by atoms with van der Waals surface area (Å²) in [6, 6.07) is 8.24. The number of benzene rings is 1. The molecule has 2 nitrogen and oxygen atoms in total. The van der Waals surface area contributed by atoms with E-state index >= 15 is 0 Å². The van der Waals surface area contributed by atoms with E-state index in [9.17, 15) is 4.79 Å². The Morgan fingerprint density at radius 1 is 1.29 bits per heavy atom. The molecule has 0 aliphatic rings. The van der Waals surface area contributed by atoms with Crippen molar-refractivity contribution in [2.45, 2.75) is 20.3 Å². The fraction of sp³-hybridized carbons (Fsp3) is 0.267. The number of allylic oxidation sites excluding steroid dienone is 2. The van der Waals surface area contributed by atoms with E-state index in [1.54, 1.807) is 6.08 Å². The lowest BCUT2D eigenvalue weighted by Gasteiger charge is -2.00. The topological polar surface area (TPSA) is 26.3 Å². The average molecular weight is 230 g/mol. The summed E-state index contributed by atoms with van der Waals surface area (Å²) in [5.41, 5.74) is 3.05. The van der Waals surface area contributed by atoms with Crippen molar-refractivity contribution >= 4 is 12.0 Å². The molecule has 0 N–H and O–H groups in total. The van der Waals surface area contributed by atoms with Crippen LogP contribution in [0, 0.1) is 6.92 Å². The van der Waals surface area contributed by atoms with Gasteiger partial charge in [-0.05, 0) is 25.8 Å². The van der Waals surface area contributed by atoms with Gasteiger partial charge in [-0.3, -0.25) is 0 Å². The molecule has 1 aromatic carbocycles. The van der Waals surface area contributed by atoms with Crippen LogP contribution in [0.4, 0.5) is 0 Å². The van der Waals surface area contributed by atoms with E-state index < -0.39 is 0 Å². The third-order valence-corrected chi connectivity index (χ3v) is 2.52. The summed E-state index contributed by atoms with van der Waals surface area (Å²) in [5.74, 6) is -0.263. The molecule has 0 aliphatic carbocycles. The van der Waals surface area contributed by atoms with Gasteiger partial charge in [0.1, 0.15) is 0 Å². The monoisotopic (exact) mass is 230 g/mol. The second kappa shape index (κ2) is 6.69. The normalized spacial score (nSPS) is 11.8. The van der Waals surface area contributed by atoms with Crippen molar-refractivity contribution in [3.05, 3.63) is 53.1 Å². The second-order valence-electron chi connectivity index (χ2n) is 3.82.